The van der Waals surface area contributed by atoms with Crippen LogP contribution in [0.15, 0.2) is 11.2 Å². The van der Waals surface area contributed by atoms with Crippen LogP contribution in [-0.4, -0.2) is 65.8 Å². The maximum Gasteiger partial charge on any atom is 0.230 e. The first-order chi connectivity index (χ1) is 11.7. The monoisotopic (exact) mass is 369 g/mol. The molecule has 8 heteroatoms. The molecule has 132 valence electrons. The average Bonchev–Trinajstić information content (AvgIpc) is 3.26. The Balaban J connectivity index is 1.44. The van der Waals surface area contributed by atoms with Crippen molar-refractivity contribution in [1.29, 1.82) is 0 Å². The van der Waals surface area contributed by atoms with Crippen LogP contribution in [0, 0.1) is 0 Å². The second kappa shape index (κ2) is 8.87. The minimum absolute atomic E-state index is 0.0190. The molecule has 0 aromatic carbocycles. The summed E-state index contributed by atoms with van der Waals surface area (Å²) in [6.07, 6.45) is 4.91. The number of carbonyl (C=O) groups excluding carboxylic acids is 1. The van der Waals surface area contributed by atoms with Gasteiger partial charge in [-0.25, -0.2) is 9.97 Å². The molecule has 2 fully saturated rings. The van der Waals surface area contributed by atoms with E-state index >= 15 is 0 Å². The summed E-state index contributed by atoms with van der Waals surface area (Å²) < 4.78 is 0. The first-order valence-corrected chi connectivity index (χ1v) is 9.98. The van der Waals surface area contributed by atoms with Gasteiger partial charge >= 0.3 is 0 Å². The molecular formula is C16H24ClN5OS. The van der Waals surface area contributed by atoms with Gasteiger partial charge in [-0.15, -0.1) is 0 Å². The summed E-state index contributed by atoms with van der Waals surface area (Å²) in [5.74, 6) is 1.20. The Bertz CT molecular complexity index is 561. The Hall–Kier alpha value is -1.05. The molecule has 1 N–H and O–H groups in total. The lowest BCUT2D eigenvalue weighted by molar-refractivity contribution is -0.118. The zero-order valence-corrected chi connectivity index (χ0v) is 15.4. The van der Waals surface area contributed by atoms with Crippen LogP contribution in [0.4, 0.5) is 5.82 Å². The molecule has 1 aromatic heterocycles. The second-order valence-electron chi connectivity index (χ2n) is 6.21. The molecule has 2 saturated heterocycles. The highest BCUT2D eigenvalue weighted by molar-refractivity contribution is 7.99. The molecule has 0 saturated carbocycles. The summed E-state index contributed by atoms with van der Waals surface area (Å²) in [6.45, 7) is 5.96. The average molecular weight is 370 g/mol. The number of halogens is 1. The van der Waals surface area contributed by atoms with E-state index in [9.17, 15) is 4.79 Å². The van der Waals surface area contributed by atoms with Gasteiger partial charge in [-0.3, -0.25) is 4.79 Å². The van der Waals surface area contributed by atoms with E-state index in [1.165, 1.54) is 37.4 Å². The lowest BCUT2D eigenvalue weighted by atomic mass is 10.4. The molecule has 1 amide bonds. The van der Waals surface area contributed by atoms with E-state index in [4.69, 9.17) is 11.6 Å². The van der Waals surface area contributed by atoms with Gasteiger partial charge in [0.1, 0.15) is 11.0 Å². The van der Waals surface area contributed by atoms with Gasteiger partial charge in [-0.1, -0.05) is 23.4 Å². The van der Waals surface area contributed by atoms with Crippen LogP contribution < -0.4 is 10.2 Å². The van der Waals surface area contributed by atoms with E-state index in [-0.39, 0.29) is 5.91 Å². The van der Waals surface area contributed by atoms with Gasteiger partial charge in [0.05, 0.1) is 5.75 Å². The smallest absolute Gasteiger partial charge is 0.230 e. The molecule has 3 rings (SSSR count). The number of likely N-dealkylation sites (tertiary alicyclic amines) is 1. The Kier molecular flexibility index (Phi) is 6.57. The fourth-order valence-corrected chi connectivity index (χ4v) is 4.01. The quantitative estimate of drug-likeness (QED) is 0.451. The zero-order valence-electron chi connectivity index (χ0n) is 13.8. The molecular weight excluding hydrogens is 346 g/mol. The van der Waals surface area contributed by atoms with Crippen LogP contribution in [0.1, 0.15) is 25.7 Å². The number of hydrogen-bond acceptors (Lipinski definition) is 6. The van der Waals surface area contributed by atoms with Gasteiger partial charge in [-0.2, -0.15) is 0 Å². The first-order valence-electron chi connectivity index (χ1n) is 8.62. The van der Waals surface area contributed by atoms with Crippen molar-refractivity contribution in [2.45, 2.75) is 30.8 Å². The van der Waals surface area contributed by atoms with Crippen LogP contribution in [0.2, 0.25) is 5.15 Å². The van der Waals surface area contributed by atoms with Crippen molar-refractivity contribution < 1.29 is 4.79 Å². The van der Waals surface area contributed by atoms with Gasteiger partial charge < -0.3 is 15.1 Å². The number of nitrogens with one attached hydrogen (secondary N) is 1. The molecule has 1 aromatic rings. The van der Waals surface area contributed by atoms with Crippen molar-refractivity contribution in [1.82, 2.24) is 20.2 Å². The number of nitrogens with zero attached hydrogens (tertiary/aromatic N) is 4. The second-order valence-corrected chi connectivity index (χ2v) is 7.54. The Morgan fingerprint density at radius 2 is 1.88 bits per heavy atom. The number of rotatable bonds is 7. The summed E-state index contributed by atoms with van der Waals surface area (Å²) >= 11 is 7.44. The van der Waals surface area contributed by atoms with Crippen LogP contribution >= 0.6 is 23.4 Å². The first kappa shape index (κ1) is 17.8. The van der Waals surface area contributed by atoms with Crippen molar-refractivity contribution in [3.8, 4) is 0 Å². The van der Waals surface area contributed by atoms with Crippen molar-refractivity contribution >= 4 is 35.1 Å². The summed E-state index contributed by atoms with van der Waals surface area (Å²) in [6, 6.07) is 1.80. The van der Waals surface area contributed by atoms with Gasteiger partial charge in [0.2, 0.25) is 5.91 Å². The molecule has 2 aliphatic heterocycles. The lowest BCUT2D eigenvalue weighted by Gasteiger charge is -2.17. The fourth-order valence-electron chi connectivity index (χ4n) is 3.10. The summed E-state index contributed by atoms with van der Waals surface area (Å²) in [4.78, 5) is 25.3. The molecule has 0 unspecified atom stereocenters. The molecule has 0 bridgehead atoms. The zero-order chi connectivity index (χ0) is 16.8. The van der Waals surface area contributed by atoms with E-state index in [1.807, 2.05) is 0 Å². The van der Waals surface area contributed by atoms with Gasteiger partial charge in [0.25, 0.3) is 0 Å². The number of anilines is 1. The molecule has 0 atom stereocenters. The van der Waals surface area contributed by atoms with E-state index in [0.29, 0.717) is 22.6 Å². The molecule has 6 nitrogen and oxygen atoms in total. The molecule has 0 radical (unpaired) electrons. The Labute approximate surface area is 152 Å². The van der Waals surface area contributed by atoms with Crippen molar-refractivity contribution in [3.05, 3.63) is 11.2 Å². The minimum Gasteiger partial charge on any atom is -0.356 e. The number of amides is 1. The number of thioether (sulfide) groups is 1. The third-order valence-corrected chi connectivity index (χ3v) is 5.41. The third-order valence-electron chi connectivity index (χ3n) is 4.37. The maximum absolute atomic E-state index is 12.0. The van der Waals surface area contributed by atoms with E-state index in [0.717, 1.165) is 38.5 Å². The van der Waals surface area contributed by atoms with Crippen LogP contribution in [0.3, 0.4) is 0 Å². The molecule has 0 spiro atoms. The van der Waals surface area contributed by atoms with E-state index in [2.05, 4.69) is 25.1 Å². The standard InChI is InChI=1S/C16H24ClN5OS/c17-13-11-14(22-8-3-4-9-22)20-16(19-13)24-12-15(23)18-5-10-21-6-1-2-7-21/h11H,1-10,12H2,(H,18,23). The highest BCUT2D eigenvalue weighted by Crippen LogP contribution is 2.24. The highest BCUT2D eigenvalue weighted by atomic mass is 35.5. The van der Waals surface area contributed by atoms with E-state index < -0.39 is 0 Å². The summed E-state index contributed by atoms with van der Waals surface area (Å²) in [5, 5.41) is 3.97. The Morgan fingerprint density at radius 3 is 2.62 bits per heavy atom. The molecule has 3 heterocycles. The SMILES string of the molecule is O=C(CSc1nc(Cl)cc(N2CCCC2)n1)NCCN1CCCC1. The highest BCUT2D eigenvalue weighted by Gasteiger charge is 2.16. The summed E-state index contributed by atoms with van der Waals surface area (Å²) in [7, 11) is 0. The van der Waals surface area contributed by atoms with Crippen molar-refractivity contribution in [2.75, 3.05) is 49.9 Å². The summed E-state index contributed by atoms with van der Waals surface area (Å²) in [5.41, 5.74) is 0. The normalized spacial score (nSPS) is 18.3. The number of carbonyl (C=O) groups is 1. The van der Waals surface area contributed by atoms with Crippen molar-refractivity contribution in [2.24, 2.45) is 0 Å². The fraction of sp³-hybridized carbons (Fsp3) is 0.688. The third kappa shape index (κ3) is 5.22. The van der Waals surface area contributed by atoms with E-state index in [1.54, 1.807) is 6.07 Å². The lowest BCUT2D eigenvalue weighted by Crippen LogP contribution is -2.34. The van der Waals surface area contributed by atoms with Gasteiger partial charge in [0.15, 0.2) is 5.16 Å². The predicted molar refractivity (Wildman–Crippen MR) is 97.9 cm³/mol. The number of hydrogen-bond donors (Lipinski definition) is 1. The largest absolute Gasteiger partial charge is 0.356 e. The van der Waals surface area contributed by atoms with Crippen LogP contribution in [0.25, 0.3) is 0 Å². The van der Waals surface area contributed by atoms with Gasteiger partial charge in [0, 0.05) is 32.2 Å². The predicted octanol–water partition coefficient (Wildman–Crippen LogP) is 2.03. The molecule has 2 aliphatic rings. The molecule has 24 heavy (non-hydrogen) atoms. The Morgan fingerprint density at radius 1 is 1.17 bits per heavy atom. The number of aromatic nitrogens is 2. The van der Waals surface area contributed by atoms with Crippen molar-refractivity contribution in [3.63, 3.8) is 0 Å². The minimum atomic E-state index is 0.0190. The maximum atomic E-state index is 12.0. The van der Waals surface area contributed by atoms with Crippen LogP contribution in [-0.2, 0) is 4.79 Å². The van der Waals surface area contributed by atoms with Gasteiger partial charge in [-0.05, 0) is 38.8 Å². The van der Waals surface area contributed by atoms with Crippen LogP contribution in [0.5, 0.6) is 0 Å². The topological polar surface area (TPSA) is 61.4 Å². The molecule has 0 aliphatic carbocycles.